The molecule has 2 aromatic rings. The number of piperazine rings is 1. The van der Waals surface area contributed by atoms with Gasteiger partial charge in [-0.1, -0.05) is 12.8 Å². The third kappa shape index (κ3) is 5.87. The van der Waals surface area contributed by atoms with Crippen molar-refractivity contribution in [1.82, 2.24) is 10.6 Å². The summed E-state index contributed by atoms with van der Waals surface area (Å²) in [6.45, 7) is 4.43. The molecule has 0 bridgehead atoms. The molecule has 34 heavy (non-hydrogen) atoms. The number of benzene rings is 2. The second-order valence-corrected chi connectivity index (χ2v) is 10.4. The lowest BCUT2D eigenvalue weighted by Gasteiger charge is -2.31. The number of carbonyl (C=O) groups is 2. The second kappa shape index (κ2) is 10.4. The summed E-state index contributed by atoms with van der Waals surface area (Å²) in [5.74, 6) is -0.430. The van der Waals surface area contributed by atoms with Crippen molar-refractivity contribution in [1.29, 1.82) is 0 Å². The van der Waals surface area contributed by atoms with Gasteiger partial charge in [0.25, 0.3) is 15.9 Å². The maximum atomic E-state index is 13.2. The average Bonchev–Trinajstić information content (AvgIpc) is 3.32. The lowest BCUT2D eigenvalue weighted by molar-refractivity contribution is -0.114. The van der Waals surface area contributed by atoms with Gasteiger partial charge in [0, 0.05) is 50.4 Å². The first-order valence-corrected chi connectivity index (χ1v) is 13.1. The fraction of sp³-hybridized carbons (Fsp3) is 0.417. The van der Waals surface area contributed by atoms with Crippen molar-refractivity contribution in [3.05, 3.63) is 48.0 Å². The number of carbonyl (C=O) groups excluding carboxylic acids is 2. The lowest BCUT2D eigenvalue weighted by atomic mass is 10.1. The molecule has 182 valence electrons. The summed E-state index contributed by atoms with van der Waals surface area (Å²) in [6.07, 6.45) is 4.16. The van der Waals surface area contributed by atoms with Crippen molar-refractivity contribution in [3.8, 4) is 0 Å². The van der Waals surface area contributed by atoms with Crippen LogP contribution >= 0.6 is 0 Å². The van der Waals surface area contributed by atoms with Crippen LogP contribution in [-0.4, -0.2) is 52.5 Å². The molecular formula is C24H31N5O4S. The van der Waals surface area contributed by atoms with E-state index in [1.54, 1.807) is 24.3 Å². The van der Waals surface area contributed by atoms with E-state index in [9.17, 15) is 18.0 Å². The van der Waals surface area contributed by atoms with Gasteiger partial charge in [-0.05, 0) is 55.3 Å². The minimum Gasteiger partial charge on any atom is -0.367 e. The molecule has 2 amide bonds. The molecule has 0 unspecified atom stereocenters. The van der Waals surface area contributed by atoms with E-state index in [0.29, 0.717) is 16.9 Å². The summed E-state index contributed by atoms with van der Waals surface area (Å²) in [6, 6.07) is 11.3. The predicted octanol–water partition coefficient (Wildman–Crippen LogP) is 2.53. The molecule has 4 N–H and O–H groups in total. The minimum atomic E-state index is -3.92. The molecule has 1 saturated heterocycles. The van der Waals surface area contributed by atoms with Crippen molar-refractivity contribution in [2.75, 3.05) is 41.1 Å². The molecule has 1 aliphatic carbocycles. The Hall–Kier alpha value is -3.11. The van der Waals surface area contributed by atoms with E-state index < -0.39 is 10.0 Å². The van der Waals surface area contributed by atoms with E-state index in [1.807, 2.05) is 6.07 Å². The maximum absolute atomic E-state index is 13.2. The van der Waals surface area contributed by atoms with Crippen LogP contribution in [0.25, 0.3) is 0 Å². The van der Waals surface area contributed by atoms with Gasteiger partial charge in [-0.2, -0.15) is 0 Å². The fourth-order valence-corrected chi connectivity index (χ4v) is 5.47. The number of sulfonamides is 1. The first-order valence-electron chi connectivity index (χ1n) is 11.6. The largest absolute Gasteiger partial charge is 0.367 e. The Balaban J connectivity index is 1.61. The Labute approximate surface area is 200 Å². The van der Waals surface area contributed by atoms with E-state index in [1.165, 1.54) is 19.1 Å². The summed E-state index contributed by atoms with van der Waals surface area (Å²) < 4.78 is 29.1. The van der Waals surface area contributed by atoms with Crippen molar-refractivity contribution < 1.29 is 18.0 Å². The van der Waals surface area contributed by atoms with Crippen LogP contribution in [-0.2, 0) is 14.8 Å². The zero-order valence-electron chi connectivity index (χ0n) is 19.3. The molecule has 0 aromatic heterocycles. The smallest absolute Gasteiger partial charge is 0.261 e. The molecule has 10 heteroatoms. The van der Waals surface area contributed by atoms with Gasteiger partial charge in [0.2, 0.25) is 5.91 Å². The van der Waals surface area contributed by atoms with Gasteiger partial charge in [-0.25, -0.2) is 8.42 Å². The molecule has 9 nitrogen and oxygen atoms in total. The highest BCUT2D eigenvalue weighted by molar-refractivity contribution is 7.92. The predicted molar refractivity (Wildman–Crippen MR) is 133 cm³/mol. The van der Waals surface area contributed by atoms with Gasteiger partial charge in [-0.3, -0.25) is 14.3 Å². The number of anilines is 3. The van der Waals surface area contributed by atoms with Gasteiger partial charge < -0.3 is 20.9 Å². The summed E-state index contributed by atoms with van der Waals surface area (Å²) in [5, 5.41) is 8.98. The summed E-state index contributed by atoms with van der Waals surface area (Å²) in [7, 11) is -3.92. The molecule has 2 aliphatic rings. The number of rotatable bonds is 7. The normalized spacial score (nSPS) is 16.8. The Morgan fingerprint density at radius 2 is 1.68 bits per heavy atom. The molecule has 1 aliphatic heterocycles. The summed E-state index contributed by atoms with van der Waals surface area (Å²) in [4.78, 5) is 26.3. The Bertz CT molecular complexity index is 1140. The van der Waals surface area contributed by atoms with Gasteiger partial charge >= 0.3 is 0 Å². The monoisotopic (exact) mass is 485 g/mol. The third-order valence-corrected chi connectivity index (χ3v) is 7.52. The zero-order valence-corrected chi connectivity index (χ0v) is 20.1. The fourth-order valence-electron chi connectivity index (χ4n) is 4.40. The van der Waals surface area contributed by atoms with Crippen LogP contribution in [0.5, 0.6) is 0 Å². The van der Waals surface area contributed by atoms with Crippen LogP contribution in [0.4, 0.5) is 17.1 Å². The molecule has 2 fully saturated rings. The van der Waals surface area contributed by atoms with Crippen LogP contribution in [0.2, 0.25) is 0 Å². The number of amides is 2. The molecular weight excluding hydrogens is 454 g/mol. The third-order valence-electron chi connectivity index (χ3n) is 6.14. The van der Waals surface area contributed by atoms with Crippen molar-refractivity contribution in [2.24, 2.45) is 0 Å². The molecule has 0 atom stereocenters. The number of nitrogens with zero attached hydrogens (tertiary/aromatic N) is 1. The highest BCUT2D eigenvalue weighted by atomic mass is 32.2. The number of nitrogens with one attached hydrogen (secondary N) is 4. The number of hydrogen-bond acceptors (Lipinski definition) is 6. The first-order chi connectivity index (χ1) is 16.3. The number of hydrogen-bond donors (Lipinski definition) is 4. The Morgan fingerprint density at radius 3 is 2.32 bits per heavy atom. The van der Waals surface area contributed by atoms with Gasteiger partial charge in [0.05, 0.1) is 16.3 Å². The van der Waals surface area contributed by atoms with E-state index in [0.717, 1.165) is 57.5 Å². The first kappa shape index (κ1) is 24.0. The van der Waals surface area contributed by atoms with E-state index >= 15 is 0 Å². The quantitative estimate of drug-likeness (QED) is 0.479. The molecule has 0 radical (unpaired) electrons. The van der Waals surface area contributed by atoms with E-state index in [-0.39, 0.29) is 22.8 Å². The molecule has 0 spiro atoms. The van der Waals surface area contributed by atoms with Crippen molar-refractivity contribution in [3.63, 3.8) is 0 Å². The Morgan fingerprint density at radius 1 is 1.00 bits per heavy atom. The average molecular weight is 486 g/mol. The molecule has 1 saturated carbocycles. The highest BCUT2D eigenvalue weighted by Crippen LogP contribution is 2.30. The zero-order chi connectivity index (χ0) is 24.1. The second-order valence-electron chi connectivity index (χ2n) is 8.73. The molecule has 1 heterocycles. The van der Waals surface area contributed by atoms with Crippen LogP contribution in [0, 0.1) is 0 Å². The summed E-state index contributed by atoms with van der Waals surface area (Å²) in [5.41, 5.74) is 2.03. The molecule has 4 rings (SSSR count). The minimum absolute atomic E-state index is 0.0636. The van der Waals surface area contributed by atoms with E-state index in [2.05, 4.69) is 25.6 Å². The van der Waals surface area contributed by atoms with Gasteiger partial charge in [0.1, 0.15) is 0 Å². The Kier molecular flexibility index (Phi) is 7.38. The van der Waals surface area contributed by atoms with Gasteiger partial charge in [0.15, 0.2) is 0 Å². The van der Waals surface area contributed by atoms with Crippen LogP contribution in [0.1, 0.15) is 43.0 Å². The SMILES string of the molecule is CC(=O)Nc1ccc(S(=O)(=O)Nc2cc(C(=O)NC3CCCC3)ccc2N2CCNCC2)cc1. The van der Waals surface area contributed by atoms with Crippen LogP contribution in [0.15, 0.2) is 47.4 Å². The highest BCUT2D eigenvalue weighted by Gasteiger charge is 2.23. The van der Waals surface area contributed by atoms with Crippen molar-refractivity contribution in [2.45, 2.75) is 43.5 Å². The molecule has 2 aromatic carbocycles. The van der Waals surface area contributed by atoms with Crippen LogP contribution in [0.3, 0.4) is 0 Å². The van der Waals surface area contributed by atoms with E-state index in [4.69, 9.17) is 0 Å². The van der Waals surface area contributed by atoms with Gasteiger partial charge in [-0.15, -0.1) is 0 Å². The summed E-state index contributed by atoms with van der Waals surface area (Å²) >= 11 is 0. The standard InChI is InChI=1S/C24H31N5O4S/c1-17(30)26-20-7-9-21(10-8-20)34(32,33)28-22-16-18(24(31)27-19-4-2-3-5-19)6-11-23(22)29-14-12-25-13-15-29/h6-11,16,19,25,28H,2-5,12-15H2,1H3,(H,26,30)(H,27,31). The maximum Gasteiger partial charge on any atom is 0.261 e. The van der Waals surface area contributed by atoms with Crippen LogP contribution < -0.4 is 25.6 Å². The van der Waals surface area contributed by atoms with Crippen molar-refractivity contribution >= 4 is 38.9 Å². The topological polar surface area (TPSA) is 120 Å². The lowest BCUT2D eigenvalue weighted by Crippen LogP contribution is -2.43.